The summed E-state index contributed by atoms with van der Waals surface area (Å²) in [6, 6.07) is 4.71. The molecule has 0 aliphatic carbocycles. The summed E-state index contributed by atoms with van der Waals surface area (Å²) in [6.45, 7) is 1.79. The lowest BCUT2D eigenvalue weighted by Crippen LogP contribution is -2.29. The van der Waals surface area contributed by atoms with Crippen molar-refractivity contribution < 1.29 is 14.6 Å². The van der Waals surface area contributed by atoms with Gasteiger partial charge in [-0.05, 0) is 47.2 Å². The zero-order chi connectivity index (χ0) is 15.9. The first-order valence-electron chi connectivity index (χ1n) is 6.47. The number of ether oxygens (including phenoxy) is 1. The fourth-order valence-corrected chi connectivity index (χ4v) is 3.01. The zero-order valence-corrected chi connectivity index (χ0v) is 14.0. The van der Waals surface area contributed by atoms with Gasteiger partial charge in [0.05, 0.1) is 16.3 Å². The highest BCUT2D eigenvalue weighted by Gasteiger charge is 2.34. The van der Waals surface area contributed by atoms with Crippen LogP contribution in [0, 0.1) is 3.57 Å². The Morgan fingerprint density at radius 3 is 2.95 bits per heavy atom. The van der Waals surface area contributed by atoms with Crippen LogP contribution in [-0.2, 0) is 9.53 Å². The van der Waals surface area contributed by atoms with Gasteiger partial charge in [-0.2, -0.15) is 10.1 Å². The highest BCUT2D eigenvalue weighted by Crippen LogP contribution is 2.36. The summed E-state index contributed by atoms with van der Waals surface area (Å²) in [4.78, 5) is 16.4. The van der Waals surface area contributed by atoms with Crippen LogP contribution in [0.2, 0.25) is 0 Å². The number of nitrogens with one attached hydrogen (secondary N) is 1. The van der Waals surface area contributed by atoms with E-state index in [1.165, 1.54) is 13.4 Å². The number of rotatable bonds is 2. The van der Waals surface area contributed by atoms with Crippen molar-refractivity contribution in [2.75, 3.05) is 12.4 Å². The molecule has 2 aromatic rings. The number of hydrogen-bond donors (Lipinski definition) is 2. The van der Waals surface area contributed by atoms with Crippen LogP contribution >= 0.6 is 22.6 Å². The lowest BCUT2D eigenvalue weighted by molar-refractivity contribution is -0.136. The number of hydrogen-bond acceptors (Lipinski definition) is 6. The molecule has 2 heterocycles. The first-order valence-corrected chi connectivity index (χ1v) is 7.55. The van der Waals surface area contributed by atoms with Gasteiger partial charge in [0.1, 0.15) is 18.1 Å². The van der Waals surface area contributed by atoms with E-state index in [-0.39, 0.29) is 5.75 Å². The standard InChI is InChI=1S/C14H13IN4O3/c1-7-11(13(21)22-2)12(19-14(18-7)16-6-17-19)8-3-4-10(20)9(15)5-8/h3-6,12,20H,1-2H3,(H,16,17,18)/t12-/m1/s1. The first-order chi connectivity index (χ1) is 10.5. The molecule has 8 heteroatoms. The Morgan fingerprint density at radius 1 is 1.50 bits per heavy atom. The van der Waals surface area contributed by atoms with E-state index in [0.717, 1.165) is 5.56 Å². The van der Waals surface area contributed by atoms with E-state index in [9.17, 15) is 9.90 Å². The SMILES string of the molecule is COC(=O)C1=C(C)Nc2ncnn2[C@@H]1c1ccc(O)c(I)c1. The molecule has 7 nitrogen and oxygen atoms in total. The number of anilines is 1. The lowest BCUT2D eigenvalue weighted by atomic mass is 9.96. The van der Waals surface area contributed by atoms with Gasteiger partial charge in [-0.3, -0.25) is 0 Å². The maximum Gasteiger partial charge on any atom is 0.338 e. The smallest absolute Gasteiger partial charge is 0.338 e. The van der Waals surface area contributed by atoms with Gasteiger partial charge in [0.15, 0.2) is 0 Å². The average molecular weight is 412 g/mol. The van der Waals surface area contributed by atoms with E-state index in [1.807, 2.05) is 28.7 Å². The summed E-state index contributed by atoms with van der Waals surface area (Å²) in [5.41, 5.74) is 1.94. The number of carbonyl (C=O) groups excluding carboxylic acids is 1. The van der Waals surface area contributed by atoms with Crippen LogP contribution < -0.4 is 5.32 Å². The van der Waals surface area contributed by atoms with Crippen molar-refractivity contribution in [1.82, 2.24) is 14.8 Å². The molecule has 114 valence electrons. The van der Waals surface area contributed by atoms with Crippen LogP contribution in [0.3, 0.4) is 0 Å². The molecule has 1 atom stereocenters. The number of aromatic hydroxyl groups is 1. The van der Waals surface area contributed by atoms with Crippen LogP contribution in [0.4, 0.5) is 5.95 Å². The van der Waals surface area contributed by atoms with Gasteiger partial charge in [-0.25, -0.2) is 9.48 Å². The molecule has 0 fully saturated rings. The number of nitrogens with zero attached hydrogens (tertiary/aromatic N) is 3. The van der Waals surface area contributed by atoms with Gasteiger partial charge in [0.2, 0.25) is 5.95 Å². The molecule has 1 aliphatic heterocycles. The number of aromatic nitrogens is 3. The van der Waals surface area contributed by atoms with Crippen molar-refractivity contribution in [3.05, 3.63) is 44.9 Å². The molecule has 1 aromatic heterocycles. The number of fused-ring (bicyclic) bond motifs is 1. The molecule has 1 aromatic carbocycles. The van der Waals surface area contributed by atoms with Crippen molar-refractivity contribution in [3.63, 3.8) is 0 Å². The molecule has 0 saturated carbocycles. The second-order valence-corrected chi connectivity index (χ2v) is 5.96. The molecular weight excluding hydrogens is 399 g/mol. The van der Waals surface area contributed by atoms with Crippen molar-refractivity contribution in [3.8, 4) is 5.75 Å². The number of halogens is 1. The number of allylic oxidation sites excluding steroid dienone is 1. The third-order valence-corrected chi connectivity index (χ3v) is 4.35. The average Bonchev–Trinajstić information content (AvgIpc) is 2.95. The molecular formula is C14H13IN4O3. The molecule has 0 bridgehead atoms. The van der Waals surface area contributed by atoms with Gasteiger partial charge in [0, 0.05) is 5.70 Å². The largest absolute Gasteiger partial charge is 0.507 e. The summed E-state index contributed by atoms with van der Waals surface area (Å²) >= 11 is 2.04. The Labute approximate surface area is 140 Å². The number of benzene rings is 1. The van der Waals surface area contributed by atoms with Gasteiger partial charge in [-0.15, -0.1) is 0 Å². The van der Waals surface area contributed by atoms with Gasteiger partial charge < -0.3 is 15.2 Å². The van der Waals surface area contributed by atoms with Gasteiger partial charge in [0.25, 0.3) is 0 Å². The topological polar surface area (TPSA) is 89.3 Å². The van der Waals surface area contributed by atoms with Crippen molar-refractivity contribution in [1.29, 1.82) is 0 Å². The second-order valence-electron chi connectivity index (χ2n) is 4.80. The molecule has 1 aliphatic rings. The number of methoxy groups -OCH3 is 1. The summed E-state index contributed by atoms with van der Waals surface area (Å²) in [5, 5.41) is 17.0. The van der Waals surface area contributed by atoms with Crippen molar-refractivity contribution in [2.24, 2.45) is 0 Å². The molecule has 0 unspecified atom stereocenters. The Bertz CT molecular complexity index is 784. The third-order valence-electron chi connectivity index (χ3n) is 3.49. The summed E-state index contributed by atoms with van der Waals surface area (Å²) in [6.07, 6.45) is 1.42. The van der Waals surface area contributed by atoms with Crippen molar-refractivity contribution in [2.45, 2.75) is 13.0 Å². The number of phenols is 1. The fourth-order valence-electron chi connectivity index (χ4n) is 2.47. The monoisotopic (exact) mass is 412 g/mol. The van der Waals surface area contributed by atoms with E-state index >= 15 is 0 Å². The minimum atomic E-state index is -0.458. The van der Waals surface area contributed by atoms with E-state index < -0.39 is 12.0 Å². The van der Waals surface area contributed by atoms with Gasteiger partial charge in [-0.1, -0.05) is 6.07 Å². The minimum absolute atomic E-state index is 0.192. The Morgan fingerprint density at radius 2 is 2.27 bits per heavy atom. The second kappa shape index (κ2) is 5.59. The van der Waals surface area contributed by atoms with Crippen molar-refractivity contribution >= 4 is 34.5 Å². The van der Waals surface area contributed by atoms with E-state index in [2.05, 4.69) is 15.4 Å². The molecule has 0 saturated heterocycles. The molecule has 2 N–H and O–H groups in total. The Kier molecular flexibility index (Phi) is 3.77. The first kappa shape index (κ1) is 14.8. The number of esters is 1. The molecule has 0 radical (unpaired) electrons. The summed E-state index contributed by atoms with van der Waals surface area (Å²) in [5.74, 6) is 0.315. The normalized spacial score (nSPS) is 17.0. The number of carbonyl (C=O) groups is 1. The predicted molar refractivity (Wildman–Crippen MR) is 87.3 cm³/mol. The molecule has 3 rings (SSSR count). The lowest BCUT2D eigenvalue weighted by Gasteiger charge is -2.28. The van der Waals surface area contributed by atoms with E-state index in [4.69, 9.17) is 4.74 Å². The molecule has 0 amide bonds. The minimum Gasteiger partial charge on any atom is -0.507 e. The number of phenolic OH excluding ortho intramolecular Hbond substituents is 1. The van der Waals surface area contributed by atoms with E-state index in [0.29, 0.717) is 20.8 Å². The quantitative estimate of drug-likeness (QED) is 0.580. The maximum atomic E-state index is 12.2. The van der Waals surface area contributed by atoms with Crippen LogP contribution in [0.5, 0.6) is 5.75 Å². The predicted octanol–water partition coefficient (Wildman–Crippen LogP) is 2.05. The van der Waals surface area contributed by atoms with Crippen LogP contribution in [0.1, 0.15) is 18.5 Å². The fraction of sp³-hybridized carbons (Fsp3) is 0.214. The summed E-state index contributed by atoms with van der Waals surface area (Å²) < 4.78 is 7.23. The highest BCUT2D eigenvalue weighted by atomic mass is 127. The van der Waals surface area contributed by atoms with E-state index in [1.54, 1.807) is 23.7 Å². The summed E-state index contributed by atoms with van der Waals surface area (Å²) in [7, 11) is 1.34. The molecule has 22 heavy (non-hydrogen) atoms. The Balaban J connectivity index is 2.20. The maximum absolute atomic E-state index is 12.2. The zero-order valence-electron chi connectivity index (χ0n) is 11.9. The highest BCUT2D eigenvalue weighted by molar-refractivity contribution is 14.1. The van der Waals surface area contributed by atoms with Crippen LogP contribution in [0.15, 0.2) is 35.8 Å². The van der Waals surface area contributed by atoms with Crippen LogP contribution in [0.25, 0.3) is 0 Å². The Hall–Kier alpha value is -2.10. The molecule has 0 spiro atoms. The van der Waals surface area contributed by atoms with Crippen LogP contribution in [-0.4, -0.2) is 33.0 Å². The third kappa shape index (κ3) is 2.32. The van der Waals surface area contributed by atoms with Gasteiger partial charge >= 0.3 is 5.97 Å².